The summed E-state index contributed by atoms with van der Waals surface area (Å²) in [6.07, 6.45) is 0. The standard InChI is InChI=1S/C12H13NO3/c1-7-3-4-8(2)10-9(7)12(11(14)13-10)15-5-6-16-12/h3-4H,5-6H2,1-2H3,(H,13,14). The molecule has 2 heterocycles. The summed E-state index contributed by atoms with van der Waals surface area (Å²) in [4.78, 5) is 12.0. The number of nitrogens with one attached hydrogen (secondary N) is 1. The fourth-order valence-corrected chi connectivity index (χ4v) is 2.39. The topological polar surface area (TPSA) is 47.6 Å². The number of carbonyl (C=O) groups is 1. The Bertz CT molecular complexity index is 475. The molecule has 4 nitrogen and oxygen atoms in total. The third-order valence-electron chi connectivity index (χ3n) is 3.18. The second-order valence-corrected chi connectivity index (χ2v) is 4.22. The van der Waals surface area contributed by atoms with Crippen molar-refractivity contribution in [1.82, 2.24) is 0 Å². The number of ether oxygens (including phenoxy) is 2. The van der Waals surface area contributed by atoms with Crippen molar-refractivity contribution < 1.29 is 14.3 Å². The number of hydrogen-bond acceptors (Lipinski definition) is 3. The van der Waals surface area contributed by atoms with E-state index >= 15 is 0 Å². The van der Waals surface area contributed by atoms with E-state index in [4.69, 9.17) is 9.47 Å². The van der Waals surface area contributed by atoms with E-state index in [0.717, 1.165) is 22.4 Å². The molecule has 1 saturated heterocycles. The lowest BCUT2D eigenvalue weighted by Crippen LogP contribution is -2.35. The molecule has 0 saturated carbocycles. The molecule has 0 aliphatic carbocycles. The normalized spacial score (nSPS) is 21.2. The van der Waals surface area contributed by atoms with E-state index in [-0.39, 0.29) is 5.91 Å². The number of aryl methyl sites for hydroxylation is 2. The van der Waals surface area contributed by atoms with Crippen molar-refractivity contribution in [1.29, 1.82) is 0 Å². The van der Waals surface area contributed by atoms with Crippen LogP contribution in [0.15, 0.2) is 12.1 Å². The zero-order valence-corrected chi connectivity index (χ0v) is 9.29. The highest BCUT2D eigenvalue weighted by Gasteiger charge is 2.53. The Balaban J connectivity index is 2.27. The van der Waals surface area contributed by atoms with Gasteiger partial charge in [0.2, 0.25) is 0 Å². The fraction of sp³-hybridized carbons (Fsp3) is 0.417. The Labute approximate surface area is 93.5 Å². The molecule has 1 amide bonds. The van der Waals surface area contributed by atoms with Gasteiger partial charge in [-0.2, -0.15) is 0 Å². The van der Waals surface area contributed by atoms with Gasteiger partial charge in [-0.1, -0.05) is 12.1 Å². The van der Waals surface area contributed by atoms with Crippen molar-refractivity contribution in [2.45, 2.75) is 19.6 Å². The first-order valence-electron chi connectivity index (χ1n) is 5.35. The van der Waals surface area contributed by atoms with Crippen molar-refractivity contribution in [3.05, 3.63) is 28.8 Å². The number of carbonyl (C=O) groups excluding carboxylic acids is 1. The highest BCUT2D eigenvalue weighted by atomic mass is 16.7. The molecule has 4 heteroatoms. The molecular formula is C12H13NO3. The molecule has 0 atom stereocenters. The predicted molar refractivity (Wildman–Crippen MR) is 58.1 cm³/mol. The second kappa shape index (κ2) is 3.06. The first-order chi connectivity index (χ1) is 7.65. The highest BCUT2D eigenvalue weighted by Crippen LogP contribution is 2.45. The number of benzene rings is 1. The van der Waals surface area contributed by atoms with Gasteiger partial charge in [0, 0.05) is 5.56 Å². The average Bonchev–Trinajstić information content (AvgIpc) is 2.83. The van der Waals surface area contributed by atoms with Crippen LogP contribution >= 0.6 is 0 Å². The largest absolute Gasteiger partial charge is 0.336 e. The molecule has 3 rings (SSSR count). The van der Waals surface area contributed by atoms with Crippen LogP contribution in [-0.4, -0.2) is 19.1 Å². The number of anilines is 1. The van der Waals surface area contributed by atoms with Crippen LogP contribution in [0, 0.1) is 13.8 Å². The summed E-state index contributed by atoms with van der Waals surface area (Å²) in [5.74, 6) is -1.40. The summed E-state index contributed by atoms with van der Waals surface area (Å²) in [7, 11) is 0. The highest BCUT2D eigenvalue weighted by molar-refractivity contribution is 6.05. The summed E-state index contributed by atoms with van der Waals surface area (Å²) in [5, 5.41) is 2.85. The van der Waals surface area contributed by atoms with Crippen LogP contribution in [0.4, 0.5) is 5.69 Å². The van der Waals surface area contributed by atoms with Crippen LogP contribution in [0.25, 0.3) is 0 Å². The van der Waals surface area contributed by atoms with Crippen LogP contribution in [0.5, 0.6) is 0 Å². The zero-order valence-electron chi connectivity index (χ0n) is 9.29. The van der Waals surface area contributed by atoms with Crippen LogP contribution in [0.2, 0.25) is 0 Å². The zero-order chi connectivity index (χ0) is 11.3. The van der Waals surface area contributed by atoms with Crippen molar-refractivity contribution >= 4 is 11.6 Å². The van der Waals surface area contributed by atoms with Crippen molar-refractivity contribution in [2.75, 3.05) is 18.5 Å². The molecular weight excluding hydrogens is 206 g/mol. The minimum atomic E-state index is -1.19. The van der Waals surface area contributed by atoms with E-state index in [1.54, 1.807) is 0 Å². The number of amides is 1. The lowest BCUT2D eigenvalue weighted by Gasteiger charge is -2.21. The number of fused-ring (bicyclic) bond motifs is 2. The maximum Gasteiger partial charge on any atom is 0.289 e. The molecule has 16 heavy (non-hydrogen) atoms. The van der Waals surface area contributed by atoms with E-state index in [1.807, 2.05) is 26.0 Å². The van der Waals surface area contributed by atoms with Crippen molar-refractivity contribution in [2.24, 2.45) is 0 Å². The minimum absolute atomic E-state index is 0.211. The van der Waals surface area contributed by atoms with Crippen molar-refractivity contribution in [3.63, 3.8) is 0 Å². The Kier molecular flexibility index (Phi) is 1.87. The summed E-state index contributed by atoms with van der Waals surface area (Å²) in [6.45, 7) is 4.85. The molecule has 84 valence electrons. The molecule has 2 aliphatic heterocycles. The summed E-state index contributed by atoms with van der Waals surface area (Å²) in [5.41, 5.74) is 3.73. The third kappa shape index (κ3) is 1.03. The van der Waals surface area contributed by atoms with Crippen molar-refractivity contribution in [3.8, 4) is 0 Å². The van der Waals surface area contributed by atoms with Gasteiger partial charge in [-0.15, -0.1) is 0 Å². The molecule has 1 spiro atoms. The fourth-order valence-electron chi connectivity index (χ4n) is 2.39. The Morgan fingerprint density at radius 3 is 2.50 bits per heavy atom. The third-order valence-corrected chi connectivity index (χ3v) is 3.18. The Morgan fingerprint density at radius 2 is 1.81 bits per heavy atom. The van der Waals surface area contributed by atoms with Gasteiger partial charge in [0.05, 0.1) is 18.9 Å². The van der Waals surface area contributed by atoms with Crippen LogP contribution in [-0.2, 0) is 20.1 Å². The first kappa shape index (κ1) is 9.81. The maximum atomic E-state index is 12.0. The second-order valence-electron chi connectivity index (χ2n) is 4.22. The van der Waals surface area contributed by atoms with Crippen LogP contribution < -0.4 is 5.32 Å². The smallest absolute Gasteiger partial charge is 0.289 e. The van der Waals surface area contributed by atoms with E-state index in [1.165, 1.54) is 0 Å². The van der Waals surface area contributed by atoms with Crippen LogP contribution in [0.3, 0.4) is 0 Å². The molecule has 0 aromatic heterocycles. The lowest BCUT2D eigenvalue weighted by molar-refractivity contribution is -0.178. The lowest BCUT2D eigenvalue weighted by atomic mass is 9.98. The minimum Gasteiger partial charge on any atom is -0.336 e. The summed E-state index contributed by atoms with van der Waals surface area (Å²) < 4.78 is 11.1. The van der Waals surface area contributed by atoms with Gasteiger partial charge in [0.1, 0.15) is 0 Å². The SMILES string of the molecule is Cc1ccc(C)c2c1NC(=O)C21OCCO1. The molecule has 1 aromatic carbocycles. The Hall–Kier alpha value is -1.39. The molecule has 0 bridgehead atoms. The van der Waals surface area contributed by atoms with Gasteiger partial charge in [-0.05, 0) is 25.0 Å². The van der Waals surface area contributed by atoms with E-state index in [2.05, 4.69) is 5.32 Å². The van der Waals surface area contributed by atoms with Gasteiger partial charge in [-0.3, -0.25) is 4.79 Å². The first-order valence-corrected chi connectivity index (χ1v) is 5.35. The van der Waals surface area contributed by atoms with Gasteiger partial charge in [0.25, 0.3) is 11.7 Å². The van der Waals surface area contributed by atoms with Gasteiger partial charge in [0.15, 0.2) is 0 Å². The summed E-state index contributed by atoms with van der Waals surface area (Å²) in [6, 6.07) is 3.98. The molecule has 0 radical (unpaired) electrons. The Morgan fingerprint density at radius 1 is 1.19 bits per heavy atom. The molecule has 0 unspecified atom stereocenters. The van der Waals surface area contributed by atoms with E-state index in [9.17, 15) is 4.79 Å². The van der Waals surface area contributed by atoms with Gasteiger partial charge >= 0.3 is 0 Å². The number of hydrogen-bond donors (Lipinski definition) is 1. The number of rotatable bonds is 0. The molecule has 1 aromatic rings. The monoisotopic (exact) mass is 219 g/mol. The molecule has 1 N–H and O–H groups in total. The molecule has 2 aliphatic rings. The van der Waals surface area contributed by atoms with Gasteiger partial charge < -0.3 is 14.8 Å². The maximum absolute atomic E-state index is 12.0. The van der Waals surface area contributed by atoms with E-state index in [0.29, 0.717) is 13.2 Å². The van der Waals surface area contributed by atoms with E-state index < -0.39 is 5.79 Å². The quantitative estimate of drug-likeness (QED) is 0.718. The average molecular weight is 219 g/mol. The summed E-state index contributed by atoms with van der Waals surface area (Å²) >= 11 is 0. The van der Waals surface area contributed by atoms with Gasteiger partial charge in [-0.25, -0.2) is 0 Å². The predicted octanol–water partition coefficient (Wildman–Crippen LogP) is 1.46. The van der Waals surface area contributed by atoms with Crippen LogP contribution in [0.1, 0.15) is 16.7 Å². The molecule has 1 fully saturated rings.